The first-order valence-corrected chi connectivity index (χ1v) is 4.74. The average Bonchev–Trinajstić information content (AvgIpc) is 2.59. The van der Waals surface area contributed by atoms with Crippen molar-refractivity contribution in [3.05, 3.63) is 24.5 Å². The second-order valence-corrected chi connectivity index (χ2v) is 3.71. The molecule has 0 amide bonds. The lowest BCUT2D eigenvalue weighted by atomic mass is 10.2. The minimum atomic E-state index is 0.0911. The predicted octanol–water partition coefficient (Wildman–Crippen LogP) is 2.20. The molecule has 5 nitrogen and oxygen atoms in total. The van der Waals surface area contributed by atoms with Crippen molar-refractivity contribution in [2.24, 2.45) is 0 Å². The highest BCUT2D eigenvalue weighted by atomic mass is 16.8. The molecule has 0 aliphatic heterocycles. The lowest BCUT2D eigenvalue weighted by molar-refractivity contribution is 0.0292. The third-order valence-electron chi connectivity index (χ3n) is 2.35. The molecule has 0 atom stereocenters. The standard InChI is InChI=1S/C10H13N3O2/c1-7(2)12-6-11-9-5-8(13(14)15)3-4-10(9)12/h3-7,14-15H,1-2H3. The van der Waals surface area contributed by atoms with Crippen LogP contribution in [0.1, 0.15) is 19.9 Å². The molecule has 0 aliphatic rings. The van der Waals surface area contributed by atoms with E-state index in [1.165, 1.54) is 0 Å². The van der Waals surface area contributed by atoms with Gasteiger partial charge in [0.15, 0.2) is 0 Å². The van der Waals surface area contributed by atoms with Gasteiger partial charge in [0, 0.05) is 6.04 Å². The van der Waals surface area contributed by atoms with Crippen LogP contribution in [-0.4, -0.2) is 20.0 Å². The van der Waals surface area contributed by atoms with E-state index < -0.39 is 0 Å². The number of hydrogen-bond donors (Lipinski definition) is 2. The summed E-state index contributed by atoms with van der Waals surface area (Å²) in [4.78, 5) is 4.20. The number of anilines is 1. The van der Waals surface area contributed by atoms with Crippen molar-refractivity contribution in [2.75, 3.05) is 5.23 Å². The quantitative estimate of drug-likeness (QED) is 0.741. The fourth-order valence-corrected chi connectivity index (χ4v) is 1.56. The van der Waals surface area contributed by atoms with Gasteiger partial charge in [0.25, 0.3) is 0 Å². The molecule has 1 heterocycles. The van der Waals surface area contributed by atoms with Gasteiger partial charge in [-0.05, 0) is 32.0 Å². The first-order valence-electron chi connectivity index (χ1n) is 4.74. The Balaban J connectivity index is 2.57. The minimum absolute atomic E-state index is 0.0911. The summed E-state index contributed by atoms with van der Waals surface area (Å²) in [5.74, 6) is 0. The zero-order valence-corrected chi connectivity index (χ0v) is 8.62. The molecule has 0 saturated carbocycles. The average molecular weight is 207 g/mol. The maximum absolute atomic E-state index is 8.85. The highest BCUT2D eigenvalue weighted by Crippen LogP contribution is 2.21. The SMILES string of the molecule is CC(C)n1cnc2cc(N(O)O)ccc21. The molecule has 0 saturated heterocycles. The summed E-state index contributed by atoms with van der Waals surface area (Å²) in [6.07, 6.45) is 1.75. The van der Waals surface area contributed by atoms with E-state index in [2.05, 4.69) is 18.8 Å². The van der Waals surface area contributed by atoms with E-state index in [0.717, 1.165) is 11.0 Å². The summed E-state index contributed by atoms with van der Waals surface area (Å²) in [7, 11) is 0. The molecule has 1 aromatic heterocycles. The van der Waals surface area contributed by atoms with Gasteiger partial charge in [0.1, 0.15) is 0 Å². The van der Waals surface area contributed by atoms with Gasteiger partial charge in [-0.2, -0.15) is 0 Å². The number of hydrogen-bond acceptors (Lipinski definition) is 4. The minimum Gasteiger partial charge on any atom is -0.328 e. The molecular formula is C10H13N3O2. The fraction of sp³-hybridized carbons (Fsp3) is 0.300. The molecule has 2 rings (SSSR count). The highest BCUT2D eigenvalue weighted by Gasteiger charge is 2.07. The second kappa shape index (κ2) is 3.52. The second-order valence-electron chi connectivity index (χ2n) is 3.71. The van der Waals surface area contributed by atoms with Crippen LogP contribution in [-0.2, 0) is 0 Å². The van der Waals surface area contributed by atoms with E-state index in [1.807, 2.05) is 10.6 Å². The Morgan fingerprint density at radius 1 is 1.33 bits per heavy atom. The molecule has 5 heteroatoms. The summed E-state index contributed by atoms with van der Waals surface area (Å²) < 4.78 is 2.03. The van der Waals surface area contributed by atoms with Crippen LogP contribution in [0.25, 0.3) is 11.0 Å². The van der Waals surface area contributed by atoms with E-state index in [-0.39, 0.29) is 5.23 Å². The zero-order chi connectivity index (χ0) is 11.0. The topological polar surface area (TPSA) is 61.5 Å². The maximum atomic E-state index is 8.85. The zero-order valence-electron chi connectivity index (χ0n) is 8.62. The van der Waals surface area contributed by atoms with Crippen molar-refractivity contribution in [3.8, 4) is 0 Å². The summed E-state index contributed by atoms with van der Waals surface area (Å²) in [5, 5.41) is 17.8. The molecule has 0 radical (unpaired) electrons. The van der Waals surface area contributed by atoms with Crippen LogP contribution in [0.15, 0.2) is 24.5 Å². The Labute approximate surface area is 87.1 Å². The first-order chi connectivity index (χ1) is 7.09. The largest absolute Gasteiger partial charge is 0.328 e. The van der Waals surface area contributed by atoms with Gasteiger partial charge in [0.2, 0.25) is 0 Å². The number of nitrogens with zero attached hydrogens (tertiary/aromatic N) is 3. The van der Waals surface area contributed by atoms with E-state index in [4.69, 9.17) is 10.4 Å². The van der Waals surface area contributed by atoms with Gasteiger partial charge in [-0.15, -0.1) is 5.23 Å². The van der Waals surface area contributed by atoms with Gasteiger partial charge >= 0.3 is 0 Å². The van der Waals surface area contributed by atoms with Crippen molar-refractivity contribution in [1.29, 1.82) is 0 Å². The molecule has 15 heavy (non-hydrogen) atoms. The highest BCUT2D eigenvalue weighted by molar-refractivity contribution is 5.79. The summed E-state index contributed by atoms with van der Waals surface area (Å²) in [6, 6.07) is 5.40. The van der Waals surface area contributed by atoms with Crippen LogP contribution in [0.5, 0.6) is 0 Å². The van der Waals surface area contributed by atoms with Gasteiger partial charge in [-0.3, -0.25) is 10.4 Å². The van der Waals surface area contributed by atoms with Gasteiger partial charge in [-0.1, -0.05) is 0 Å². The monoisotopic (exact) mass is 207 g/mol. The van der Waals surface area contributed by atoms with Crippen molar-refractivity contribution in [1.82, 2.24) is 9.55 Å². The summed E-state index contributed by atoms with van der Waals surface area (Å²) >= 11 is 0. The van der Waals surface area contributed by atoms with Gasteiger partial charge < -0.3 is 4.57 Å². The molecule has 1 aromatic carbocycles. The van der Waals surface area contributed by atoms with Crippen LogP contribution in [0.2, 0.25) is 0 Å². The molecular weight excluding hydrogens is 194 g/mol. The first kappa shape index (κ1) is 9.95. The number of imidazole rings is 1. The van der Waals surface area contributed by atoms with Crippen LogP contribution in [0, 0.1) is 0 Å². The molecule has 0 spiro atoms. The molecule has 0 bridgehead atoms. The molecule has 80 valence electrons. The maximum Gasteiger partial charge on any atom is 0.0965 e. The molecule has 2 N–H and O–H groups in total. The van der Waals surface area contributed by atoms with Crippen LogP contribution in [0.4, 0.5) is 5.69 Å². The summed E-state index contributed by atoms with van der Waals surface area (Å²) in [5.41, 5.74) is 2.03. The normalized spacial score (nSPS) is 11.3. The molecule has 2 aromatic rings. The Morgan fingerprint density at radius 2 is 2.07 bits per heavy atom. The van der Waals surface area contributed by atoms with E-state index in [0.29, 0.717) is 11.7 Å². The fourth-order valence-electron chi connectivity index (χ4n) is 1.56. The molecule has 0 unspecified atom stereocenters. The van der Waals surface area contributed by atoms with Crippen LogP contribution in [0.3, 0.4) is 0 Å². The number of rotatable bonds is 2. The van der Waals surface area contributed by atoms with Gasteiger partial charge in [-0.25, -0.2) is 4.98 Å². The van der Waals surface area contributed by atoms with Crippen molar-refractivity contribution < 1.29 is 10.4 Å². The van der Waals surface area contributed by atoms with Crippen molar-refractivity contribution in [3.63, 3.8) is 0 Å². The Hall–Kier alpha value is -1.59. The van der Waals surface area contributed by atoms with E-state index in [9.17, 15) is 0 Å². The third-order valence-corrected chi connectivity index (χ3v) is 2.35. The van der Waals surface area contributed by atoms with Crippen molar-refractivity contribution in [2.45, 2.75) is 19.9 Å². The number of fused-ring (bicyclic) bond motifs is 1. The Bertz CT molecular complexity index is 476. The third kappa shape index (κ3) is 1.67. The number of aromatic nitrogens is 2. The van der Waals surface area contributed by atoms with Crippen molar-refractivity contribution >= 4 is 16.7 Å². The Morgan fingerprint density at radius 3 is 2.67 bits per heavy atom. The smallest absolute Gasteiger partial charge is 0.0965 e. The number of benzene rings is 1. The lowest BCUT2D eigenvalue weighted by Crippen LogP contribution is -2.10. The molecule has 0 aliphatic carbocycles. The summed E-state index contributed by atoms with van der Waals surface area (Å²) in [6.45, 7) is 4.14. The van der Waals surface area contributed by atoms with Gasteiger partial charge in [0.05, 0.1) is 23.0 Å². The Kier molecular flexibility index (Phi) is 2.34. The van der Waals surface area contributed by atoms with E-state index in [1.54, 1.807) is 18.5 Å². The van der Waals surface area contributed by atoms with Crippen LogP contribution < -0.4 is 5.23 Å². The molecule has 0 fully saturated rings. The predicted molar refractivity (Wildman–Crippen MR) is 56.2 cm³/mol. The van der Waals surface area contributed by atoms with Crippen LogP contribution >= 0.6 is 0 Å². The lowest BCUT2D eigenvalue weighted by Gasteiger charge is -2.09. The van der Waals surface area contributed by atoms with E-state index >= 15 is 0 Å².